The van der Waals surface area contributed by atoms with Gasteiger partial charge in [0, 0.05) is 12.5 Å². The van der Waals surface area contributed by atoms with Crippen molar-refractivity contribution in [2.75, 3.05) is 0 Å². The van der Waals surface area contributed by atoms with Crippen LogP contribution < -0.4 is 0 Å². The first-order valence-corrected chi connectivity index (χ1v) is 5.39. The first kappa shape index (κ1) is 12.3. The van der Waals surface area contributed by atoms with Gasteiger partial charge in [-0.1, -0.05) is 31.3 Å². The molecule has 0 aromatic heterocycles. The lowest BCUT2D eigenvalue weighted by Gasteiger charge is -1.96. The van der Waals surface area contributed by atoms with E-state index in [1.54, 1.807) is 12.1 Å². The summed E-state index contributed by atoms with van der Waals surface area (Å²) < 4.78 is 0. The predicted octanol–water partition coefficient (Wildman–Crippen LogP) is 3.44. The van der Waals surface area contributed by atoms with Crippen LogP contribution in [0.15, 0.2) is 18.2 Å². The van der Waals surface area contributed by atoms with Gasteiger partial charge in [0.2, 0.25) is 0 Å². The fraction of sp³-hybridized carbons (Fsp3) is 0.385. The van der Waals surface area contributed by atoms with Gasteiger partial charge in [0.05, 0.1) is 4.92 Å². The van der Waals surface area contributed by atoms with Gasteiger partial charge < -0.3 is 0 Å². The van der Waals surface area contributed by atoms with Crippen molar-refractivity contribution in [3.8, 4) is 11.8 Å². The second-order valence-corrected chi connectivity index (χ2v) is 3.68. The summed E-state index contributed by atoms with van der Waals surface area (Å²) in [7, 11) is 0. The van der Waals surface area contributed by atoms with E-state index in [1.807, 2.05) is 13.0 Å². The molecular formula is C13H15NO2. The largest absolute Gasteiger partial charge is 0.285 e. The molecule has 1 aromatic carbocycles. The molecule has 0 aliphatic carbocycles. The van der Waals surface area contributed by atoms with Gasteiger partial charge in [-0.05, 0) is 25.0 Å². The molecule has 0 atom stereocenters. The SMILES string of the molecule is CCCCC#Cc1ccc(C)cc1[N+](=O)[O-]. The highest BCUT2D eigenvalue weighted by Gasteiger charge is 2.11. The van der Waals surface area contributed by atoms with E-state index in [4.69, 9.17) is 0 Å². The topological polar surface area (TPSA) is 43.1 Å². The first-order valence-electron chi connectivity index (χ1n) is 5.39. The van der Waals surface area contributed by atoms with Crippen LogP contribution in [0.2, 0.25) is 0 Å². The molecule has 0 radical (unpaired) electrons. The van der Waals surface area contributed by atoms with Crippen molar-refractivity contribution < 1.29 is 4.92 Å². The molecule has 0 N–H and O–H groups in total. The molecule has 0 spiro atoms. The Hall–Kier alpha value is -1.82. The molecule has 3 nitrogen and oxygen atoms in total. The Bertz CT molecular complexity index is 441. The van der Waals surface area contributed by atoms with Crippen molar-refractivity contribution in [1.29, 1.82) is 0 Å². The smallest absolute Gasteiger partial charge is 0.258 e. The van der Waals surface area contributed by atoms with Gasteiger partial charge in [-0.3, -0.25) is 10.1 Å². The van der Waals surface area contributed by atoms with Crippen LogP contribution in [-0.2, 0) is 0 Å². The van der Waals surface area contributed by atoms with Crippen LogP contribution in [0.25, 0.3) is 0 Å². The molecule has 16 heavy (non-hydrogen) atoms. The van der Waals surface area contributed by atoms with Crippen LogP contribution in [0.4, 0.5) is 5.69 Å². The maximum Gasteiger partial charge on any atom is 0.285 e. The molecule has 0 saturated carbocycles. The van der Waals surface area contributed by atoms with Crippen LogP contribution in [0.5, 0.6) is 0 Å². The minimum absolute atomic E-state index is 0.101. The minimum Gasteiger partial charge on any atom is -0.258 e. The summed E-state index contributed by atoms with van der Waals surface area (Å²) in [6, 6.07) is 5.12. The average Bonchev–Trinajstić information content (AvgIpc) is 2.26. The molecule has 0 aliphatic rings. The van der Waals surface area contributed by atoms with Gasteiger partial charge in [0.25, 0.3) is 5.69 Å². The molecule has 0 saturated heterocycles. The van der Waals surface area contributed by atoms with Gasteiger partial charge in [-0.15, -0.1) is 0 Å². The highest BCUT2D eigenvalue weighted by Crippen LogP contribution is 2.18. The maximum absolute atomic E-state index is 10.8. The Morgan fingerprint density at radius 3 is 2.81 bits per heavy atom. The Labute approximate surface area is 95.6 Å². The van der Waals surface area contributed by atoms with E-state index in [1.165, 1.54) is 0 Å². The molecule has 0 fully saturated rings. The lowest BCUT2D eigenvalue weighted by Crippen LogP contribution is -1.92. The Kier molecular flexibility index (Phi) is 4.53. The Balaban J connectivity index is 2.93. The third kappa shape index (κ3) is 3.39. The molecule has 84 valence electrons. The number of hydrogen-bond donors (Lipinski definition) is 0. The molecule has 0 heterocycles. The molecule has 1 aromatic rings. The normalized spacial score (nSPS) is 9.38. The van der Waals surface area contributed by atoms with E-state index in [9.17, 15) is 10.1 Å². The number of nitro groups is 1. The van der Waals surface area contributed by atoms with Crippen molar-refractivity contribution in [3.05, 3.63) is 39.4 Å². The maximum atomic E-state index is 10.8. The van der Waals surface area contributed by atoms with E-state index in [2.05, 4.69) is 18.8 Å². The summed E-state index contributed by atoms with van der Waals surface area (Å²) in [6.45, 7) is 3.93. The minimum atomic E-state index is -0.378. The third-order valence-electron chi connectivity index (χ3n) is 2.23. The van der Waals surface area contributed by atoms with Gasteiger partial charge in [-0.25, -0.2) is 0 Å². The number of benzene rings is 1. The van der Waals surface area contributed by atoms with Crippen molar-refractivity contribution in [1.82, 2.24) is 0 Å². The predicted molar refractivity (Wildman–Crippen MR) is 64.2 cm³/mol. The Morgan fingerprint density at radius 2 is 2.19 bits per heavy atom. The zero-order valence-electron chi connectivity index (χ0n) is 9.62. The standard InChI is InChI=1S/C13H15NO2/c1-3-4-5-6-7-12-9-8-11(2)10-13(12)14(15)16/h8-10H,3-5H2,1-2H3. The van der Waals surface area contributed by atoms with E-state index >= 15 is 0 Å². The zero-order valence-corrected chi connectivity index (χ0v) is 9.62. The Morgan fingerprint density at radius 1 is 1.44 bits per heavy atom. The fourth-order valence-electron chi connectivity index (χ4n) is 1.32. The molecule has 0 unspecified atom stereocenters. The lowest BCUT2D eigenvalue weighted by molar-refractivity contribution is -0.385. The second kappa shape index (κ2) is 5.92. The zero-order chi connectivity index (χ0) is 12.0. The second-order valence-electron chi connectivity index (χ2n) is 3.68. The quantitative estimate of drug-likeness (QED) is 0.337. The number of aryl methyl sites for hydroxylation is 1. The van der Waals surface area contributed by atoms with E-state index in [-0.39, 0.29) is 10.6 Å². The van der Waals surface area contributed by atoms with Crippen molar-refractivity contribution in [2.45, 2.75) is 33.1 Å². The summed E-state index contributed by atoms with van der Waals surface area (Å²) in [5.74, 6) is 5.83. The number of nitro benzene ring substituents is 1. The fourth-order valence-corrected chi connectivity index (χ4v) is 1.32. The lowest BCUT2D eigenvalue weighted by atomic mass is 10.1. The number of nitrogens with zero attached hydrogens (tertiary/aromatic N) is 1. The monoisotopic (exact) mass is 217 g/mol. The van der Waals surface area contributed by atoms with Gasteiger partial charge in [0.15, 0.2) is 0 Å². The molecular weight excluding hydrogens is 202 g/mol. The average molecular weight is 217 g/mol. The van der Waals surface area contributed by atoms with Crippen LogP contribution in [0, 0.1) is 28.9 Å². The van der Waals surface area contributed by atoms with Gasteiger partial charge in [0.1, 0.15) is 5.56 Å². The highest BCUT2D eigenvalue weighted by atomic mass is 16.6. The summed E-state index contributed by atoms with van der Waals surface area (Å²) in [5, 5.41) is 10.8. The number of unbranched alkanes of at least 4 members (excludes halogenated alkanes) is 2. The van der Waals surface area contributed by atoms with Crippen molar-refractivity contribution in [3.63, 3.8) is 0 Å². The van der Waals surface area contributed by atoms with Crippen molar-refractivity contribution >= 4 is 5.69 Å². The van der Waals surface area contributed by atoms with E-state index < -0.39 is 0 Å². The summed E-state index contributed by atoms with van der Waals surface area (Å²) >= 11 is 0. The molecule has 3 heteroatoms. The van der Waals surface area contributed by atoms with Crippen LogP contribution in [0.3, 0.4) is 0 Å². The van der Waals surface area contributed by atoms with E-state index in [0.29, 0.717) is 5.56 Å². The van der Waals surface area contributed by atoms with Gasteiger partial charge >= 0.3 is 0 Å². The van der Waals surface area contributed by atoms with Crippen molar-refractivity contribution in [2.24, 2.45) is 0 Å². The number of hydrogen-bond acceptors (Lipinski definition) is 2. The van der Waals surface area contributed by atoms with Crippen LogP contribution in [0.1, 0.15) is 37.3 Å². The summed E-state index contributed by atoms with van der Waals surface area (Å²) in [4.78, 5) is 10.4. The van der Waals surface area contributed by atoms with Crippen LogP contribution in [-0.4, -0.2) is 4.92 Å². The number of rotatable bonds is 3. The van der Waals surface area contributed by atoms with Crippen LogP contribution >= 0.6 is 0 Å². The molecule has 0 aliphatic heterocycles. The summed E-state index contributed by atoms with van der Waals surface area (Å²) in [5.41, 5.74) is 1.49. The van der Waals surface area contributed by atoms with Gasteiger partial charge in [-0.2, -0.15) is 0 Å². The summed E-state index contributed by atoms with van der Waals surface area (Å²) in [6.07, 6.45) is 2.92. The highest BCUT2D eigenvalue weighted by molar-refractivity contribution is 5.52. The molecule has 1 rings (SSSR count). The van der Waals surface area contributed by atoms with E-state index in [0.717, 1.165) is 24.8 Å². The third-order valence-corrected chi connectivity index (χ3v) is 2.23. The molecule has 0 bridgehead atoms. The molecule has 0 amide bonds. The first-order chi connectivity index (χ1) is 7.65.